The number of hydrogen-bond donors (Lipinski definition) is 1. The molecule has 0 saturated carbocycles. The molecule has 0 radical (unpaired) electrons. The van der Waals surface area contributed by atoms with Crippen LogP contribution in [0.15, 0.2) is 30.3 Å². The van der Waals surface area contributed by atoms with Crippen LogP contribution in [0, 0.1) is 13.8 Å². The van der Waals surface area contributed by atoms with Gasteiger partial charge in [0.05, 0.1) is 18.3 Å². The van der Waals surface area contributed by atoms with Crippen molar-refractivity contribution in [3.05, 3.63) is 57.9 Å². The van der Waals surface area contributed by atoms with Crippen molar-refractivity contribution >= 4 is 23.6 Å². The number of carbonyl (C=O) groups is 1. The lowest BCUT2D eigenvalue weighted by atomic mass is 10.1. The average molecular weight is 374 g/mol. The van der Waals surface area contributed by atoms with E-state index in [1.807, 2.05) is 6.92 Å². The number of aryl methyl sites for hydroxylation is 2. The number of benzene rings is 1. The molecule has 3 rings (SSSR count). The highest BCUT2D eigenvalue weighted by molar-refractivity contribution is 6.31. The van der Waals surface area contributed by atoms with E-state index >= 15 is 0 Å². The molecular formula is C20H24ClN3O2. The Morgan fingerprint density at radius 2 is 1.92 bits per heavy atom. The normalized spacial score (nSPS) is 15.8. The Labute approximate surface area is 158 Å². The number of aromatic nitrogens is 2. The molecule has 1 saturated heterocycles. The number of likely N-dealkylation sites (tertiary alicyclic amines) is 1. The van der Waals surface area contributed by atoms with Gasteiger partial charge in [-0.3, -0.25) is 4.79 Å². The van der Waals surface area contributed by atoms with Crippen LogP contribution in [-0.2, 0) is 11.3 Å². The van der Waals surface area contributed by atoms with Gasteiger partial charge in [0.15, 0.2) is 0 Å². The van der Waals surface area contributed by atoms with Gasteiger partial charge in [-0.05, 0) is 38.3 Å². The van der Waals surface area contributed by atoms with Crippen molar-refractivity contribution in [1.82, 2.24) is 14.7 Å². The zero-order chi connectivity index (χ0) is 18.7. The van der Waals surface area contributed by atoms with Crippen molar-refractivity contribution in [2.75, 3.05) is 13.1 Å². The molecule has 2 heterocycles. The van der Waals surface area contributed by atoms with Crippen molar-refractivity contribution in [1.29, 1.82) is 0 Å². The second-order valence-corrected chi connectivity index (χ2v) is 7.18. The number of amides is 1. The topological polar surface area (TPSA) is 58.4 Å². The number of nitrogens with zero attached hydrogens (tertiary/aromatic N) is 3. The summed E-state index contributed by atoms with van der Waals surface area (Å²) in [7, 11) is 0. The van der Waals surface area contributed by atoms with Gasteiger partial charge in [0.25, 0.3) is 0 Å². The first-order valence-electron chi connectivity index (χ1n) is 8.87. The molecule has 5 nitrogen and oxygen atoms in total. The molecule has 6 heteroatoms. The lowest BCUT2D eigenvalue weighted by Crippen LogP contribution is -2.39. The highest BCUT2D eigenvalue weighted by Crippen LogP contribution is 2.23. The molecule has 26 heavy (non-hydrogen) atoms. The Bertz CT molecular complexity index is 803. The van der Waals surface area contributed by atoms with Crippen LogP contribution in [0.2, 0.25) is 5.15 Å². The minimum absolute atomic E-state index is 0.0568. The first-order valence-corrected chi connectivity index (χ1v) is 9.25. The summed E-state index contributed by atoms with van der Waals surface area (Å²) < 4.78 is 1.75. The van der Waals surface area contributed by atoms with E-state index in [0.29, 0.717) is 37.6 Å². The molecule has 1 aliphatic heterocycles. The van der Waals surface area contributed by atoms with Crippen LogP contribution in [0.5, 0.6) is 0 Å². The maximum atomic E-state index is 12.3. The fourth-order valence-corrected chi connectivity index (χ4v) is 3.37. The maximum absolute atomic E-state index is 12.3. The molecule has 1 aromatic heterocycles. The minimum Gasteiger partial charge on any atom is -0.393 e. The average Bonchev–Trinajstić information content (AvgIpc) is 2.89. The molecule has 0 spiro atoms. The van der Waals surface area contributed by atoms with Crippen LogP contribution in [0.4, 0.5) is 0 Å². The fraction of sp³-hybridized carbons (Fsp3) is 0.400. The molecule has 1 N–H and O–H groups in total. The van der Waals surface area contributed by atoms with Gasteiger partial charge < -0.3 is 10.0 Å². The predicted molar refractivity (Wildman–Crippen MR) is 103 cm³/mol. The number of halogens is 1. The molecule has 0 atom stereocenters. The maximum Gasteiger partial charge on any atom is 0.246 e. The zero-order valence-electron chi connectivity index (χ0n) is 15.2. The summed E-state index contributed by atoms with van der Waals surface area (Å²) in [5, 5.41) is 14.6. The first kappa shape index (κ1) is 18.7. The van der Waals surface area contributed by atoms with E-state index < -0.39 is 0 Å². The number of hydrogen-bond acceptors (Lipinski definition) is 3. The molecule has 0 bridgehead atoms. The third kappa shape index (κ3) is 4.34. The third-order valence-corrected chi connectivity index (χ3v) is 5.13. The Hall–Kier alpha value is -2.11. The molecule has 1 aliphatic rings. The highest BCUT2D eigenvalue weighted by Gasteiger charge is 2.20. The highest BCUT2D eigenvalue weighted by atomic mass is 35.5. The Kier molecular flexibility index (Phi) is 5.79. The second kappa shape index (κ2) is 8.06. The van der Waals surface area contributed by atoms with Gasteiger partial charge in [0, 0.05) is 24.7 Å². The summed E-state index contributed by atoms with van der Waals surface area (Å²) in [5.41, 5.74) is 3.90. The Morgan fingerprint density at radius 1 is 1.27 bits per heavy atom. The molecule has 1 amide bonds. The summed E-state index contributed by atoms with van der Waals surface area (Å²) in [5.74, 6) is -0.0568. The van der Waals surface area contributed by atoms with Gasteiger partial charge in [-0.2, -0.15) is 5.10 Å². The smallest absolute Gasteiger partial charge is 0.246 e. The van der Waals surface area contributed by atoms with Crippen LogP contribution in [0.1, 0.15) is 35.2 Å². The van der Waals surface area contributed by atoms with Crippen LogP contribution in [-0.4, -0.2) is 44.9 Å². The van der Waals surface area contributed by atoms with E-state index in [9.17, 15) is 9.90 Å². The van der Waals surface area contributed by atoms with Crippen molar-refractivity contribution < 1.29 is 9.90 Å². The second-order valence-electron chi connectivity index (χ2n) is 6.82. The van der Waals surface area contributed by atoms with E-state index in [0.717, 1.165) is 16.8 Å². The standard InChI is InChI=1S/C20H24ClN3O2/c1-14-3-5-16(6-4-14)13-24-20(21)18(15(2)22-24)7-8-19(26)23-11-9-17(25)10-12-23/h3-8,17,25H,9-13H2,1-2H3/b8-7+. The zero-order valence-corrected chi connectivity index (χ0v) is 15.9. The molecule has 0 unspecified atom stereocenters. The molecule has 138 valence electrons. The van der Waals surface area contributed by atoms with Crippen LogP contribution in [0.25, 0.3) is 6.08 Å². The van der Waals surface area contributed by atoms with E-state index in [-0.39, 0.29) is 12.0 Å². The summed E-state index contributed by atoms with van der Waals surface area (Å²) in [6.07, 6.45) is 4.26. The van der Waals surface area contributed by atoms with Gasteiger partial charge in [-0.25, -0.2) is 4.68 Å². The number of carbonyl (C=O) groups excluding carboxylic acids is 1. The van der Waals surface area contributed by atoms with Gasteiger partial charge in [0.2, 0.25) is 5.91 Å². The third-order valence-electron chi connectivity index (χ3n) is 4.73. The monoisotopic (exact) mass is 373 g/mol. The van der Waals surface area contributed by atoms with Crippen molar-refractivity contribution in [3.8, 4) is 0 Å². The van der Waals surface area contributed by atoms with Crippen molar-refractivity contribution in [3.63, 3.8) is 0 Å². The largest absolute Gasteiger partial charge is 0.393 e. The molecule has 0 aliphatic carbocycles. The van der Waals surface area contributed by atoms with Gasteiger partial charge in [-0.15, -0.1) is 0 Å². The van der Waals surface area contributed by atoms with E-state index in [4.69, 9.17) is 11.6 Å². The molecule has 2 aromatic rings. The SMILES string of the molecule is Cc1ccc(Cn2nc(C)c(/C=C/C(=O)N3CCC(O)CC3)c2Cl)cc1. The van der Waals surface area contributed by atoms with Crippen LogP contribution >= 0.6 is 11.6 Å². The van der Waals surface area contributed by atoms with Crippen LogP contribution in [0.3, 0.4) is 0 Å². The summed E-state index contributed by atoms with van der Waals surface area (Å²) in [6, 6.07) is 8.25. The predicted octanol–water partition coefficient (Wildman–Crippen LogP) is 3.20. The van der Waals surface area contributed by atoms with Crippen molar-refractivity contribution in [2.45, 2.75) is 39.3 Å². The number of aliphatic hydroxyl groups is 1. The fourth-order valence-electron chi connectivity index (χ4n) is 3.07. The van der Waals surface area contributed by atoms with Gasteiger partial charge in [-0.1, -0.05) is 41.4 Å². The summed E-state index contributed by atoms with van der Waals surface area (Å²) >= 11 is 6.49. The quantitative estimate of drug-likeness (QED) is 0.837. The van der Waals surface area contributed by atoms with E-state index in [2.05, 4.69) is 36.3 Å². The van der Waals surface area contributed by atoms with Crippen LogP contribution < -0.4 is 0 Å². The molecular weight excluding hydrogens is 350 g/mol. The van der Waals surface area contributed by atoms with Gasteiger partial charge >= 0.3 is 0 Å². The lowest BCUT2D eigenvalue weighted by Gasteiger charge is -2.28. The van der Waals surface area contributed by atoms with E-state index in [1.165, 1.54) is 5.56 Å². The molecule has 1 aromatic carbocycles. The van der Waals surface area contributed by atoms with Gasteiger partial charge in [0.1, 0.15) is 5.15 Å². The number of aliphatic hydroxyl groups excluding tert-OH is 1. The summed E-state index contributed by atoms with van der Waals surface area (Å²) in [4.78, 5) is 14.1. The minimum atomic E-state index is -0.292. The molecule has 1 fully saturated rings. The Balaban J connectivity index is 1.71. The number of piperidine rings is 1. The van der Waals surface area contributed by atoms with Crippen molar-refractivity contribution in [2.24, 2.45) is 0 Å². The summed E-state index contributed by atoms with van der Waals surface area (Å²) in [6.45, 7) is 5.70. The van der Waals surface area contributed by atoms with E-state index in [1.54, 1.807) is 21.7 Å². The first-order chi connectivity index (χ1) is 12.4. The lowest BCUT2D eigenvalue weighted by molar-refractivity contribution is -0.127. The Morgan fingerprint density at radius 3 is 2.58 bits per heavy atom. The number of rotatable bonds is 4.